The van der Waals surface area contributed by atoms with E-state index in [2.05, 4.69) is 190 Å². The van der Waals surface area contributed by atoms with E-state index in [0.29, 0.717) is 6.42 Å². The highest BCUT2D eigenvalue weighted by molar-refractivity contribution is 6.10. The summed E-state index contributed by atoms with van der Waals surface area (Å²) in [5.41, 5.74) is 15.5. The third-order valence-electron chi connectivity index (χ3n) is 14.0. The van der Waals surface area contributed by atoms with Crippen LogP contribution < -0.4 is 9.80 Å². The Hall–Kier alpha value is -8.14. The maximum absolute atomic E-state index is 14.9. The molecule has 0 aliphatic heterocycles. The largest absolute Gasteiger partial charge is 0.318 e. The number of aromatic nitrogens is 2. The molecule has 0 spiro atoms. The first-order chi connectivity index (χ1) is 33.4. The van der Waals surface area contributed by atoms with Crippen molar-refractivity contribution in [2.45, 2.75) is 44.9 Å². The highest BCUT2D eigenvalue weighted by Crippen LogP contribution is 2.46. The van der Waals surface area contributed by atoms with Gasteiger partial charge in [0, 0.05) is 90.7 Å². The minimum absolute atomic E-state index is 0.0774. The molecule has 0 N–H and O–H groups in total. The fourth-order valence-electron chi connectivity index (χ4n) is 10.8. The lowest BCUT2D eigenvalue weighted by molar-refractivity contribution is 0.479. The number of benzene rings is 6. The summed E-state index contributed by atoms with van der Waals surface area (Å²) < 4.78 is 34.0. The highest BCUT2D eigenvalue weighted by atomic mass is 19.1. The summed E-state index contributed by atoms with van der Waals surface area (Å²) in [4.78, 5) is 4.60. The molecular formula is C62H48F2N4. The summed E-state index contributed by atoms with van der Waals surface area (Å²) in [5, 5.41) is 3.42. The van der Waals surface area contributed by atoms with E-state index in [1.54, 1.807) is 6.08 Å². The van der Waals surface area contributed by atoms with E-state index in [9.17, 15) is 8.78 Å². The lowest BCUT2D eigenvalue weighted by Crippen LogP contribution is -2.27. The van der Waals surface area contributed by atoms with Crippen LogP contribution in [0.15, 0.2) is 217 Å². The summed E-state index contributed by atoms with van der Waals surface area (Å²) in [5.74, 6) is -0.174. The molecule has 0 fully saturated rings. The molecule has 0 saturated heterocycles. The van der Waals surface area contributed by atoms with Crippen LogP contribution in [0.5, 0.6) is 0 Å². The van der Waals surface area contributed by atoms with Crippen molar-refractivity contribution >= 4 is 55.8 Å². The lowest BCUT2D eigenvalue weighted by Gasteiger charge is -2.36. The molecule has 3 atom stereocenters. The molecule has 3 aliphatic rings. The fraction of sp³-hybridized carbons (Fsp3) is 0.129. The van der Waals surface area contributed by atoms with E-state index in [1.807, 2.05) is 37.3 Å². The molecule has 4 nitrogen and oxygen atoms in total. The molecule has 0 saturated carbocycles. The molecule has 0 amide bonds. The Morgan fingerprint density at radius 2 is 1.25 bits per heavy atom. The Balaban J connectivity index is 0.881. The van der Waals surface area contributed by atoms with E-state index in [4.69, 9.17) is 0 Å². The standard InChI is InChI=1S/C62H48F2N4/c1-41-37-51(33-35-58(41)64)66(53-38-42(2)62-57(40-53)55-18-10-12-20-60(55)68(62)47-15-7-4-8-16-47)49-29-23-44(24-30-49)43-21-27-48(28-22-43)65(50-31-25-45(63)26-32-50)52-34-36-61-56(39-52)54-17-9-11-19-59(54)67(61)46-13-5-3-6-14-46/h3-10,12-18,20-21,23-36,39-43H,22,37-38H2,1-2H3. The van der Waals surface area contributed by atoms with Gasteiger partial charge in [0.25, 0.3) is 0 Å². The lowest BCUT2D eigenvalue weighted by atomic mass is 9.88. The van der Waals surface area contributed by atoms with Gasteiger partial charge in [-0.1, -0.05) is 98.8 Å². The third kappa shape index (κ3) is 7.14. The molecule has 0 radical (unpaired) electrons. The minimum Gasteiger partial charge on any atom is -0.318 e. The molecule has 3 aliphatic carbocycles. The second-order valence-corrected chi connectivity index (χ2v) is 18.3. The van der Waals surface area contributed by atoms with Crippen LogP contribution in [0.2, 0.25) is 0 Å². The van der Waals surface area contributed by atoms with E-state index in [-0.39, 0.29) is 29.4 Å². The van der Waals surface area contributed by atoms with Gasteiger partial charge in [-0.25, -0.2) is 8.78 Å². The van der Waals surface area contributed by atoms with Gasteiger partial charge in [0.05, 0.1) is 11.0 Å². The number of anilines is 3. The summed E-state index contributed by atoms with van der Waals surface area (Å²) >= 11 is 0. The topological polar surface area (TPSA) is 16.3 Å². The summed E-state index contributed by atoms with van der Waals surface area (Å²) in [6.07, 6.45) is 15.0. The maximum Gasteiger partial charge on any atom is 0.123 e. The molecule has 0 bridgehead atoms. The highest BCUT2D eigenvalue weighted by Gasteiger charge is 2.31. The van der Waals surface area contributed by atoms with Crippen molar-refractivity contribution in [3.8, 4) is 11.4 Å². The number of halogens is 2. The van der Waals surface area contributed by atoms with E-state index in [1.165, 1.54) is 45.6 Å². The van der Waals surface area contributed by atoms with Crippen molar-refractivity contribution in [3.05, 3.63) is 252 Å². The van der Waals surface area contributed by atoms with Gasteiger partial charge in [-0.2, -0.15) is 0 Å². The molecule has 12 rings (SSSR count). The molecule has 2 heterocycles. The zero-order valence-electron chi connectivity index (χ0n) is 38.0. The van der Waals surface area contributed by atoms with E-state index in [0.717, 1.165) is 74.5 Å². The molecular weight excluding hydrogens is 839 g/mol. The van der Waals surface area contributed by atoms with Crippen molar-refractivity contribution in [1.29, 1.82) is 0 Å². The van der Waals surface area contributed by atoms with Gasteiger partial charge in [-0.3, -0.25) is 0 Å². The predicted octanol–water partition coefficient (Wildman–Crippen LogP) is 16.4. The first-order valence-corrected chi connectivity index (χ1v) is 23.6. The quantitative estimate of drug-likeness (QED) is 0.144. The van der Waals surface area contributed by atoms with Gasteiger partial charge in [-0.05, 0) is 152 Å². The SMILES string of the molecule is CC1CC(N(C2=Cc3c(n(-c4ccccc4)c4ccccc34)C(C)C2)c2ccc(C3C=CC(N(c4ccc(F)cc4)c4ccc5c(c4)c4ccc#cc4n5-c4ccccc4)=CC3)cc2)=CC=C1F. The number of allylic oxidation sites excluding steroid dienone is 8. The third-order valence-corrected chi connectivity index (χ3v) is 14.0. The Kier molecular flexibility index (Phi) is 10.3. The smallest absolute Gasteiger partial charge is 0.123 e. The van der Waals surface area contributed by atoms with Gasteiger partial charge < -0.3 is 18.9 Å². The monoisotopic (exact) mass is 886 g/mol. The second kappa shape index (κ2) is 16.9. The zero-order valence-corrected chi connectivity index (χ0v) is 38.0. The van der Waals surface area contributed by atoms with Gasteiger partial charge in [0.1, 0.15) is 17.2 Å². The Labute approximate surface area is 396 Å². The Morgan fingerprint density at radius 3 is 1.99 bits per heavy atom. The first-order valence-electron chi connectivity index (χ1n) is 23.6. The number of fused-ring (bicyclic) bond motifs is 6. The maximum atomic E-state index is 14.9. The van der Waals surface area contributed by atoms with Crippen molar-refractivity contribution in [2.24, 2.45) is 5.92 Å². The van der Waals surface area contributed by atoms with Crippen molar-refractivity contribution in [3.63, 3.8) is 0 Å². The van der Waals surface area contributed by atoms with Crippen LogP contribution >= 0.6 is 0 Å². The van der Waals surface area contributed by atoms with Gasteiger partial charge >= 0.3 is 0 Å². The molecule has 6 heteroatoms. The summed E-state index contributed by atoms with van der Waals surface area (Å²) in [6.45, 7) is 4.30. The normalized spacial score (nSPS) is 17.9. The van der Waals surface area contributed by atoms with E-state index < -0.39 is 0 Å². The summed E-state index contributed by atoms with van der Waals surface area (Å²) in [6, 6.07) is 62.5. The molecule has 7 aromatic carbocycles. The number of hydrogen-bond donors (Lipinski definition) is 0. The molecule has 330 valence electrons. The average molecular weight is 887 g/mol. The van der Waals surface area contributed by atoms with Crippen LogP contribution in [0, 0.1) is 23.9 Å². The Morgan fingerprint density at radius 1 is 0.588 bits per heavy atom. The van der Waals surface area contributed by atoms with Crippen molar-refractivity contribution < 1.29 is 8.78 Å². The number of hydrogen-bond acceptors (Lipinski definition) is 2. The number of para-hydroxylation sites is 3. The zero-order chi connectivity index (χ0) is 45.9. The van der Waals surface area contributed by atoms with Crippen molar-refractivity contribution in [2.75, 3.05) is 9.80 Å². The molecule has 68 heavy (non-hydrogen) atoms. The van der Waals surface area contributed by atoms with Gasteiger partial charge in [-0.15, -0.1) is 0 Å². The van der Waals surface area contributed by atoms with Crippen LogP contribution in [0.1, 0.15) is 61.8 Å². The number of nitrogens with zero attached hydrogens (tertiary/aromatic N) is 4. The van der Waals surface area contributed by atoms with Gasteiger partial charge in [0.2, 0.25) is 0 Å². The van der Waals surface area contributed by atoms with Crippen LogP contribution in [-0.4, -0.2) is 9.13 Å². The Bertz CT molecular complexity index is 3530. The van der Waals surface area contributed by atoms with Crippen LogP contribution in [-0.2, 0) is 0 Å². The van der Waals surface area contributed by atoms with Crippen LogP contribution in [0.25, 0.3) is 50.2 Å². The van der Waals surface area contributed by atoms with E-state index >= 15 is 0 Å². The molecule has 2 aromatic heterocycles. The van der Waals surface area contributed by atoms with Crippen LogP contribution in [0.3, 0.4) is 0 Å². The fourth-order valence-corrected chi connectivity index (χ4v) is 10.8. The van der Waals surface area contributed by atoms with Crippen LogP contribution in [0.4, 0.5) is 25.8 Å². The number of rotatable bonds is 9. The molecule has 3 unspecified atom stereocenters. The first kappa shape index (κ1) is 41.3. The predicted molar refractivity (Wildman–Crippen MR) is 276 cm³/mol. The minimum atomic E-state index is -0.273. The summed E-state index contributed by atoms with van der Waals surface area (Å²) in [7, 11) is 0. The van der Waals surface area contributed by atoms with Gasteiger partial charge in [0.15, 0.2) is 0 Å². The second-order valence-electron chi connectivity index (χ2n) is 18.3. The molecule has 9 aromatic rings. The van der Waals surface area contributed by atoms with Crippen molar-refractivity contribution in [1.82, 2.24) is 9.13 Å². The average Bonchev–Trinajstić information content (AvgIpc) is 3.90.